The monoisotopic (exact) mass is 311 g/mol. The maximum Gasteiger partial charge on any atom is 0.244 e. The van der Waals surface area contributed by atoms with Gasteiger partial charge in [-0.3, -0.25) is 14.7 Å². The van der Waals surface area contributed by atoms with E-state index in [9.17, 15) is 4.79 Å². The Kier molecular flexibility index (Phi) is 3.83. The van der Waals surface area contributed by atoms with Gasteiger partial charge in [-0.1, -0.05) is 6.07 Å². The first-order valence-electron chi connectivity index (χ1n) is 8.27. The number of aromatic nitrogens is 3. The molecule has 1 saturated heterocycles. The lowest BCUT2D eigenvalue weighted by molar-refractivity contribution is -0.138. The highest BCUT2D eigenvalue weighted by Crippen LogP contribution is 2.28. The van der Waals surface area contributed by atoms with Gasteiger partial charge in [0.2, 0.25) is 5.91 Å². The zero-order chi connectivity index (χ0) is 15.6. The molecule has 1 atom stereocenters. The van der Waals surface area contributed by atoms with E-state index in [1.54, 1.807) is 12.5 Å². The fourth-order valence-electron chi connectivity index (χ4n) is 3.62. The van der Waals surface area contributed by atoms with E-state index in [4.69, 9.17) is 0 Å². The van der Waals surface area contributed by atoms with Gasteiger partial charge in [0.1, 0.15) is 6.04 Å². The number of fused-ring (bicyclic) bond motifs is 1. The second-order valence-electron chi connectivity index (χ2n) is 6.27. The smallest absolute Gasteiger partial charge is 0.244 e. The van der Waals surface area contributed by atoms with Gasteiger partial charge in [0.05, 0.1) is 24.3 Å². The topological polar surface area (TPSA) is 65.1 Å². The Hall–Kier alpha value is -2.21. The number of nitrogens with one attached hydrogen (secondary N) is 1. The Morgan fingerprint density at radius 3 is 2.91 bits per heavy atom. The Labute approximate surface area is 135 Å². The molecule has 0 aliphatic carbocycles. The number of likely N-dealkylation sites (tertiary alicyclic amines) is 1. The molecular formula is C17H21N5O. The van der Waals surface area contributed by atoms with Crippen LogP contribution >= 0.6 is 0 Å². The van der Waals surface area contributed by atoms with Gasteiger partial charge in [0.15, 0.2) is 0 Å². The molecule has 1 N–H and O–H groups in total. The lowest BCUT2D eigenvalue weighted by Gasteiger charge is -2.34. The lowest BCUT2D eigenvalue weighted by Crippen LogP contribution is -2.44. The second kappa shape index (κ2) is 6.12. The Morgan fingerprint density at radius 2 is 2.13 bits per heavy atom. The van der Waals surface area contributed by atoms with Crippen molar-refractivity contribution in [2.24, 2.45) is 0 Å². The third-order valence-electron chi connectivity index (χ3n) is 4.83. The second-order valence-corrected chi connectivity index (χ2v) is 6.27. The third kappa shape index (κ3) is 2.74. The number of carbonyl (C=O) groups excluding carboxylic acids is 1. The number of hydrogen-bond acceptors (Lipinski definition) is 4. The quantitative estimate of drug-likeness (QED) is 0.933. The molecule has 0 aromatic carbocycles. The summed E-state index contributed by atoms with van der Waals surface area (Å²) < 4.78 is 0. The predicted molar refractivity (Wildman–Crippen MR) is 85.5 cm³/mol. The van der Waals surface area contributed by atoms with Gasteiger partial charge < -0.3 is 9.88 Å². The van der Waals surface area contributed by atoms with Crippen molar-refractivity contribution >= 4 is 5.91 Å². The predicted octanol–water partition coefficient (Wildman–Crippen LogP) is 1.53. The maximum atomic E-state index is 13.2. The highest BCUT2D eigenvalue weighted by Gasteiger charge is 2.34. The molecule has 0 radical (unpaired) electrons. The average Bonchev–Trinajstić information content (AvgIpc) is 3.27. The summed E-state index contributed by atoms with van der Waals surface area (Å²) in [5.74, 6) is 0.181. The zero-order valence-electron chi connectivity index (χ0n) is 13.1. The molecule has 0 spiro atoms. The summed E-state index contributed by atoms with van der Waals surface area (Å²) in [6.45, 7) is 3.32. The molecule has 4 rings (SSSR count). The minimum Gasteiger partial charge on any atom is -0.347 e. The van der Waals surface area contributed by atoms with Crippen molar-refractivity contribution < 1.29 is 4.79 Å². The first-order valence-corrected chi connectivity index (χ1v) is 8.27. The van der Waals surface area contributed by atoms with Crippen molar-refractivity contribution in [2.75, 3.05) is 19.6 Å². The molecule has 2 aliphatic rings. The van der Waals surface area contributed by atoms with Gasteiger partial charge in [-0.25, -0.2) is 4.98 Å². The molecular weight excluding hydrogens is 290 g/mol. The van der Waals surface area contributed by atoms with Crippen molar-refractivity contribution in [3.63, 3.8) is 0 Å². The van der Waals surface area contributed by atoms with Crippen LogP contribution in [0.1, 0.15) is 35.8 Å². The summed E-state index contributed by atoms with van der Waals surface area (Å²) in [5, 5.41) is 0. The van der Waals surface area contributed by atoms with E-state index in [2.05, 4.69) is 19.9 Å². The summed E-state index contributed by atoms with van der Waals surface area (Å²) >= 11 is 0. The number of carbonyl (C=O) groups is 1. The average molecular weight is 311 g/mol. The Balaban J connectivity index is 1.60. The molecule has 1 fully saturated rings. The molecule has 0 bridgehead atoms. The van der Waals surface area contributed by atoms with Gasteiger partial charge >= 0.3 is 0 Å². The molecule has 6 nitrogen and oxygen atoms in total. The van der Waals surface area contributed by atoms with Gasteiger partial charge in [-0.05, 0) is 37.6 Å². The molecule has 1 unspecified atom stereocenters. The van der Waals surface area contributed by atoms with Gasteiger partial charge in [-0.2, -0.15) is 0 Å². The van der Waals surface area contributed by atoms with E-state index in [0.29, 0.717) is 6.54 Å². The third-order valence-corrected chi connectivity index (χ3v) is 4.83. The van der Waals surface area contributed by atoms with Crippen LogP contribution in [0, 0.1) is 0 Å². The fourth-order valence-corrected chi connectivity index (χ4v) is 3.62. The molecule has 23 heavy (non-hydrogen) atoms. The summed E-state index contributed by atoms with van der Waals surface area (Å²) in [6.07, 6.45) is 8.45. The van der Waals surface area contributed by atoms with Gasteiger partial charge in [0.25, 0.3) is 0 Å². The van der Waals surface area contributed by atoms with Crippen LogP contribution in [0.25, 0.3) is 0 Å². The van der Waals surface area contributed by atoms with Gasteiger partial charge in [0, 0.05) is 25.4 Å². The summed E-state index contributed by atoms with van der Waals surface area (Å²) in [6, 6.07) is 3.71. The molecule has 0 saturated carbocycles. The normalized spacial score (nSPS) is 19.6. The number of hydrogen-bond donors (Lipinski definition) is 1. The van der Waals surface area contributed by atoms with E-state index in [-0.39, 0.29) is 11.9 Å². The molecule has 2 aliphatic heterocycles. The maximum absolute atomic E-state index is 13.2. The van der Waals surface area contributed by atoms with Crippen LogP contribution in [0.15, 0.2) is 30.9 Å². The van der Waals surface area contributed by atoms with Gasteiger partial charge in [-0.15, -0.1) is 0 Å². The minimum atomic E-state index is -0.212. The van der Waals surface area contributed by atoms with Crippen molar-refractivity contribution in [3.8, 4) is 0 Å². The van der Waals surface area contributed by atoms with Crippen molar-refractivity contribution in [2.45, 2.75) is 31.8 Å². The minimum absolute atomic E-state index is 0.181. The first-order chi connectivity index (χ1) is 11.3. The van der Waals surface area contributed by atoms with E-state index in [1.165, 1.54) is 0 Å². The molecule has 2 aromatic rings. The standard InChI is InChI=1S/C17H21N5O/c23-17(22-9-5-14-15(11-22)20-12-19-14)16(21-7-1-2-8-21)13-4-3-6-18-10-13/h3-4,6,10,12,16H,1-2,5,7-9,11H2,(H,19,20). The molecule has 6 heteroatoms. The number of H-pyrrole nitrogens is 1. The van der Waals surface area contributed by atoms with E-state index in [1.807, 2.05) is 23.2 Å². The zero-order valence-corrected chi connectivity index (χ0v) is 13.1. The summed E-state index contributed by atoms with van der Waals surface area (Å²) in [5.41, 5.74) is 3.15. The molecule has 4 heterocycles. The van der Waals surface area contributed by atoms with Crippen LogP contribution in [-0.4, -0.2) is 50.3 Å². The Morgan fingerprint density at radius 1 is 1.26 bits per heavy atom. The van der Waals surface area contributed by atoms with Crippen LogP contribution in [0.5, 0.6) is 0 Å². The fraction of sp³-hybridized carbons (Fsp3) is 0.471. The van der Waals surface area contributed by atoms with Crippen LogP contribution in [0.2, 0.25) is 0 Å². The summed E-state index contributed by atoms with van der Waals surface area (Å²) in [7, 11) is 0. The SMILES string of the molecule is O=C(C(c1cccnc1)N1CCCC1)N1CCc2nc[nH]c2C1. The van der Waals surface area contributed by atoms with E-state index in [0.717, 1.165) is 55.8 Å². The number of aromatic amines is 1. The number of amides is 1. The first kappa shape index (κ1) is 14.4. The van der Waals surface area contributed by atoms with Crippen LogP contribution < -0.4 is 0 Å². The lowest BCUT2D eigenvalue weighted by atomic mass is 10.0. The van der Waals surface area contributed by atoms with Crippen LogP contribution in [-0.2, 0) is 17.8 Å². The number of pyridine rings is 1. The van der Waals surface area contributed by atoms with Crippen molar-refractivity contribution in [1.29, 1.82) is 0 Å². The van der Waals surface area contributed by atoms with Crippen LogP contribution in [0.4, 0.5) is 0 Å². The largest absolute Gasteiger partial charge is 0.347 e. The molecule has 120 valence electrons. The van der Waals surface area contributed by atoms with Crippen molar-refractivity contribution in [3.05, 3.63) is 47.8 Å². The van der Waals surface area contributed by atoms with E-state index < -0.39 is 0 Å². The Bertz CT molecular complexity index is 677. The highest BCUT2D eigenvalue weighted by atomic mass is 16.2. The van der Waals surface area contributed by atoms with Crippen molar-refractivity contribution in [1.82, 2.24) is 24.8 Å². The highest BCUT2D eigenvalue weighted by molar-refractivity contribution is 5.83. The summed E-state index contributed by atoms with van der Waals surface area (Å²) in [4.78, 5) is 29.2. The number of rotatable bonds is 3. The molecule has 1 amide bonds. The van der Waals surface area contributed by atoms with E-state index >= 15 is 0 Å². The molecule has 2 aromatic heterocycles. The number of imidazole rings is 1. The number of nitrogens with zero attached hydrogens (tertiary/aromatic N) is 4. The van der Waals surface area contributed by atoms with Crippen LogP contribution in [0.3, 0.4) is 0 Å².